The summed E-state index contributed by atoms with van der Waals surface area (Å²) < 4.78 is 29.7. The molecular weight excluding hydrogens is 635 g/mol. The van der Waals surface area contributed by atoms with Gasteiger partial charge in [0.25, 0.3) is 0 Å². The van der Waals surface area contributed by atoms with E-state index in [9.17, 15) is 9.36 Å². The molecule has 1 aliphatic heterocycles. The number of aromatic nitrogens is 3. The molecule has 3 heterocycles. The van der Waals surface area contributed by atoms with Gasteiger partial charge < -0.3 is 11.1 Å². The molecule has 1 atom stereocenters. The van der Waals surface area contributed by atoms with Crippen LogP contribution < -0.4 is 11.1 Å². The first-order chi connectivity index (χ1) is 21.6. The van der Waals surface area contributed by atoms with E-state index in [1.165, 1.54) is 14.2 Å². The molecule has 0 spiro atoms. The van der Waals surface area contributed by atoms with Gasteiger partial charge in [0.2, 0.25) is 5.91 Å². The summed E-state index contributed by atoms with van der Waals surface area (Å²) in [6, 6.07) is 12.0. The minimum Gasteiger partial charge on any atom is -0.326 e. The third-order valence-electron chi connectivity index (χ3n) is 7.28. The molecule has 0 aliphatic carbocycles. The maximum Gasteiger partial charge on any atom is 0.474 e. The molecule has 2 aromatic carbocycles. The van der Waals surface area contributed by atoms with E-state index in [1.807, 2.05) is 35.8 Å². The van der Waals surface area contributed by atoms with Crippen LogP contribution in [0, 0.1) is 32.6 Å². The Hall–Kier alpha value is -3.66. The van der Waals surface area contributed by atoms with E-state index >= 15 is 0 Å². The molecule has 3 N–H and O–H groups in total. The lowest BCUT2D eigenvalue weighted by Gasteiger charge is -2.16. The quantitative estimate of drug-likeness (QED) is 0.162. The molecule has 0 unspecified atom stereocenters. The number of nitrogens with zero attached hydrogens (tertiary/aromatic N) is 4. The van der Waals surface area contributed by atoms with Crippen molar-refractivity contribution < 1.29 is 22.9 Å². The fourth-order valence-corrected chi connectivity index (χ4v) is 6.90. The fourth-order valence-electron chi connectivity index (χ4n) is 4.91. The molecule has 2 aromatic heterocycles. The number of nitrogens with two attached hydrogens (primary N) is 1. The number of hydrogen-bond acceptors (Lipinski definition) is 10. The number of aryl methyl sites for hydroxylation is 2. The summed E-state index contributed by atoms with van der Waals surface area (Å²) in [6.45, 7) is 6.05. The van der Waals surface area contributed by atoms with Crippen LogP contribution in [0.3, 0.4) is 0 Å². The largest absolute Gasteiger partial charge is 0.474 e. The van der Waals surface area contributed by atoms with Crippen LogP contribution in [0.5, 0.6) is 0 Å². The number of rotatable bonds is 9. The lowest BCUT2D eigenvalue weighted by Crippen LogP contribution is -2.17. The Balaban J connectivity index is 1.49. The highest BCUT2D eigenvalue weighted by atomic mass is 35.5. The Morgan fingerprint density at radius 3 is 2.56 bits per heavy atom. The number of fused-ring (bicyclic) bond motifs is 3. The Morgan fingerprint density at radius 2 is 1.87 bits per heavy atom. The molecule has 5 rings (SSSR count). The number of carbonyl (C=O) groups excluding carboxylic acids is 1. The second-order valence-corrected chi connectivity index (χ2v) is 13.6. The van der Waals surface area contributed by atoms with Gasteiger partial charge in [0.05, 0.1) is 25.3 Å². The molecule has 0 saturated carbocycles. The average Bonchev–Trinajstić information content (AvgIpc) is 3.51. The van der Waals surface area contributed by atoms with Crippen molar-refractivity contribution in [3.63, 3.8) is 0 Å². The number of amides is 1. The van der Waals surface area contributed by atoms with Crippen LogP contribution in [0.1, 0.15) is 56.8 Å². The number of aliphatic imine (C=N–C) groups is 1. The van der Waals surface area contributed by atoms with Crippen molar-refractivity contribution in [3.05, 3.63) is 91.8 Å². The van der Waals surface area contributed by atoms with Gasteiger partial charge in [-0.05, 0) is 62.2 Å². The molecule has 0 saturated heterocycles. The summed E-state index contributed by atoms with van der Waals surface area (Å²) in [7, 11) is -1.29. The molecule has 0 bridgehead atoms. The van der Waals surface area contributed by atoms with E-state index in [2.05, 4.69) is 41.2 Å². The van der Waals surface area contributed by atoms with Gasteiger partial charge in [-0.2, -0.15) is 0 Å². The van der Waals surface area contributed by atoms with Crippen LogP contribution in [0.4, 0.5) is 5.69 Å². The Bertz CT molecular complexity index is 1880. The van der Waals surface area contributed by atoms with Gasteiger partial charge in [-0.3, -0.25) is 27.9 Å². The summed E-state index contributed by atoms with van der Waals surface area (Å²) in [5, 5.41) is 13.4. The number of thiophene rings is 1. The Morgan fingerprint density at radius 1 is 1.13 bits per heavy atom. The molecule has 4 aromatic rings. The number of phosphoric ester groups is 1. The molecular formula is C31H32ClN6O5PS. The van der Waals surface area contributed by atoms with Crippen LogP contribution in [0.25, 0.3) is 5.00 Å². The SMILES string of the molecule is COP(=O)(OC)OCc1cc(NC(=O)C[C@@H]2N=C(c3ccc(Cl)cc3)c3c(sc(C)c3C)-n3c(C)nnc32)ccc1C#CCN. The lowest BCUT2D eigenvalue weighted by atomic mass is 9.99. The van der Waals surface area contributed by atoms with Gasteiger partial charge in [-0.1, -0.05) is 35.6 Å². The number of benzene rings is 2. The second kappa shape index (κ2) is 13.8. The second-order valence-electron chi connectivity index (χ2n) is 10.1. The molecule has 0 radical (unpaired) electrons. The smallest absolute Gasteiger partial charge is 0.326 e. The third kappa shape index (κ3) is 6.95. The van der Waals surface area contributed by atoms with Crippen LogP contribution in [0.15, 0.2) is 47.5 Å². The minimum absolute atomic E-state index is 0.00862. The van der Waals surface area contributed by atoms with E-state index < -0.39 is 13.9 Å². The average molecular weight is 667 g/mol. The van der Waals surface area contributed by atoms with Gasteiger partial charge in [0, 0.05) is 46.5 Å². The van der Waals surface area contributed by atoms with E-state index in [0.717, 1.165) is 32.3 Å². The highest BCUT2D eigenvalue weighted by Gasteiger charge is 2.32. The van der Waals surface area contributed by atoms with Crippen molar-refractivity contribution in [1.82, 2.24) is 14.8 Å². The van der Waals surface area contributed by atoms with E-state index in [-0.39, 0.29) is 25.5 Å². The molecule has 1 amide bonds. The first-order valence-corrected chi connectivity index (χ1v) is 16.6. The number of halogens is 1. The molecule has 234 valence electrons. The predicted molar refractivity (Wildman–Crippen MR) is 175 cm³/mol. The number of hydrogen-bond donors (Lipinski definition) is 2. The molecule has 0 fully saturated rings. The first kappa shape index (κ1) is 32.7. The van der Waals surface area contributed by atoms with E-state index in [0.29, 0.717) is 33.5 Å². The number of anilines is 1. The first-order valence-electron chi connectivity index (χ1n) is 13.9. The van der Waals surface area contributed by atoms with E-state index in [4.69, 9.17) is 35.9 Å². The molecule has 1 aliphatic rings. The predicted octanol–water partition coefficient (Wildman–Crippen LogP) is 6.06. The maximum absolute atomic E-state index is 13.6. The minimum atomic E-state index is -3.75. The highest BCUT2D eigenvalue weighted by Crippen LogP contribution is 2.48. The normalized spacial score (nSPS) is 14.1. The zero-order valence-corrected chi connectivity index (χ0v) is 27.8. The summed E-state index contributed by atoms with van der Waals surface area (Å²) >= 11 is 7.85. The van der Waals surface area contributed by atoms with Crippen molar-refractivity contribution in [1.29, 1.82) is 0 Å². The Kier molecular flexibility index (Phi) is 10.0. The van der Waals surface area contributed by atoms with Crippen molar-refractivity contribution in [2.24, 2.45) is 10.7 Å². The van der Waals surface area contributed by atoms with Gasteiger partial charge in [0.1, 0.15) is 16.9 Å². The summed E-state index contributed by atoms with van der Waals surface area (Å²) in [5.74, 6) is 6.75. The lowest BCUT2D eigenvalue weighted by molar-refractivity contribution is -0.116. The fraction of sp³-hybridized carbons (Fsp3) is 0.290. The number of carbonyl (C=O) groups is 1. The third-order valence-corrected chi connectivity index (χ3v) is 10.1. The maximum atomic E-state index is 13.6. The van der Waals surface area contributed by atoms with Crippen LogP contribution in [0.2, 0.25) is 5.02 Å². The highest BCUT2D eigenvalue weighted by molar-refractivity contribution is 7.48. The van der Waals surface area contributed by atoms with Gasteiger partial charge in [-0.15, -0.1) is 21.5 Å². The molecule has 45 heavy (non-hydrogen) atoms. The zero-order valence-electron chi connectivity index (χ0n) is 25.4. The van der Waals surface area contributed by atoms with Crippen molar-refractivity contribution in [2.75, 3.05) is 26.1 Å². The standard InChI is InChI=1S/C31H32ClN6O5PS/c1-18-19(2)45-31-28(18)29(22-8-11-24(32)12-9-22)35-26(30-37-36-20(3)38(30)31)16-27(39)34-25-13-10-21(7-6-14-33)23(15-25)17-43-44(40,41-4)42-5/h8-13,15,26H,14,16-17,33H2,1-5H3,(H,34,39)/t26-/m0/s1. The van der Waals surface area contributed by atoms with Crippen molar-refractivity contribution >= 4 is 48.1 Å². The van der Waals surface area contributed by atoms with Gasteiger partial charge in [-0.25, -0.2) is 4.57 Å². The topological polar surface area (TPSA) is 143 Å². The van der Waals surface area contributed by atoms with Gasteiger partial charge >= 0.3 is 7.82 Å². The van der Waals surface area contributed by atoms with Crippen LogP contribution in [-0.4, -0.2) is 47.1 Å². The van der Waals surface area contributed by atoms with Crippen molar-refractivity contribution in [2.45, 2.75) is 39.8 Å². The van der Waals surface area contributed by atoms with Gasteiger partial charge in [0.15, 0.2) is 5.82 Å². The zero-order chi connectivity index (χ0) is 32.3. The molecule has 11 nitrogen and oxygen atoms in total. The molecule has 14 heteroatoms. The monoisotopic (exact) mass is 666 g/mol. The summed E-state index contributed by atoms with van der Waals surface area (Å²) in [6.07, 6.45) is -0.00862. The van der Waals surface area contributed by atoms with Crippen molar-refractivity contribution in [3.8, 4) is 16.8 Å². The van der Waals surface area contributed by atoms with E-state index in [1.54, 1.807) is 29.5 Å². The number of nitrogens with one attached hydrogen (secondary N) is 1. The summed E-state index contributed by atoms with van der Waals surface area (Å²) in [5.41, 5.74) is 10.9. The van der Waals surface area contributed by atoms with Crippen LogP contribution >= 0.6 is 30.8 Å². The van der Waals surface area contributed by atoms with Crippen LogP contribution in [-0.2, 0) is 29.5 Å². The number of phosphoric acid groups is 1. The Labute approximate surface area is 270 Å². The summed E-state index contributed by atoms with van der Waals surface area (Å²) in [4.78, 5) is 19.9.